The Hall–Kier alpha value is -2.98. The normalized spacial score (nSPS) is 10.2. The highest BCUT2D eigenvalue weighted by Crippen LogP contribution is 2.34. The lowest BCUT2D eigenvalue weighted by atomic mass is 10.1. The Morgan fingerprint density at radius 1 is 1.10 bits per heavy atom. The first-order chi connectivity index (χ1) is 14.2. The zero-order valence-corrected chi connectivity index (χ0v) is 19.0. The van der Waals surface area contributed by atoms with Crippen molar-refractivity contribution in [3.8, 4) is 0 Å². The Morgan fingerprint density at radius 2 is 1.73 bits per heavy atom. The molecule has 0 bridgehead atoms. The molecule has 30 heavy (non-hydrogen) atoms. The molecule has 1 amide bonds. The van der Waals surface area contributed by atoms with Gasteiger partial charge in [-0.05, 0) is 55.9 Å². The maximum Gasteiger partial charge on any atom is 0.341 e. The minimum absolute atomic E-state index is 0.217. The quantitative estimate of drug-likeness (QED) is 0.511. The topological polar surface area (TPSA) is 97.0 Å². The summed E-state index contributed by atoms with van der Waals surface area (Å²) in [5.41, 5.74) is 1.84. The molecule has 0 unspecified atom stereocenters. The number of ether oxygens (including phenoxy) is 2. The summed E-state index contributed by atoms with van der Waals surface area (Å²) in [6.07, 6.45) is 0. The SMILES string of the molecule is CCOC(=O)c1ccc(NC(=S)Nc2sc(C(=O)N(C)C)c(C)c2C(=O)OC)cc1. The van der Waals surface area contributed by atoms with Gasteiger partial charge in [0.1, 0.15) is 5.00 Å². The maximum absolute atomic E-state index is 12.4. The van der Waals surface area contributed by atoms with Crippen molar-refractivity contribution in [1.82, 2.24) is 4.90 Å². The van der Waals surface area contributed by atoms with Gasteiger partial charge in [0.2, 0.25) is 0 Å². The standard InChI is InChI=1S/C20H23N3O5S2/c1-6-28-18(25)12-7-9-13(10-8-12)21-20(29)22-16-14(19(26)27-5)11(2)15(30-16)17(24)23(3)4/h7-10H,6H2,1-5H3,(H2,21,22,29). The molecule has 0 spiro atoms. The molecule has 0 aliphatic carbocycles. The monoisotopic (exact) mass is 449 g/mol. The average Bonchev–Trinajstić information content (AvgIpc) is 3.02. The first kappa shape index (κ1) is 23.3. The molecule has 0 fully saturated rings. The molecule has 1 aromatic heterocycles. The lowest BCUT2D eigenvalue weighted by molar-refractivity contribution is 0.0525. The molecule has 160 valence electrons. The lowest BCUT2D eigenvalue weighted by Gasteiger charge is -2.11. The summed E-state index contributed by atoms with van der Waals surface area (Å²) in [6.45, 7) is 3.73. The average molecular weight is 450 g/mol. The van der Waals surface area contributed by atoms with Gasteiger partial charge < -0.3 is 25.0 Å². The second-order valence-corrected chi connectivity index (χ2v) is 7.76. The van der Waals surface area contributed by atoms with Crippen LogP contribution in [-0.4, -0.2) is 55.7 Å². The van der Waals surface area contributed by atoms with Crippen LogP contribution in [0.2, 0.25) is 0 Å². The molecule has 2 N–H and O–H groups in total. The first-order valence-corrected chi connectivity index (χ1v) is 10.2. The second-order valence-electron chi connectivity index (χ2n) is 6.33. The predicted octanol–water partition coefficient (Wildman–Crippen LogP) is 3.53. The van der Waals surface area contributed by atoms with E-state index in [-0.39, 0.29) is 16.6 Å². The van der Waals surface area contributed by atoms with Crippen molar-refractivity contribution < 1.29 is 23.9 Å². The summed E-state index contributed by atoms with van der Waals surface area (Å²) >= 11 is 6.47. The van der Waals surface area contributed by atoms with Crippen LogP contribution in [0.25, 0.3) is 0 Å². The zero-order chi connectivity index (χ0) is 22.4. The third-order valence-corrected chi connectivity index (χ3v) is 5.42. The van der Waals surface area contributed by atoms with Crippen LogP contribution in [0.15, 0.2) is 24.3 Å². The van der Waals surface area contributed by atoms with E-state index in [1.54, 1.807) is 52.2 Å². The lowest BCUT2D eigenvalue weighted by Crippen LogP contribution is -2.21. The van der Waals surface area contributed by atoms with Crippen LogP contribution in [0.4, 0.5) is 10.7 Å². The Kier molecular flexibility index (Phi) is 7.90. The van der Waals surface area contributed by atoms with Crippen LogP contribution in [0.3, 0.4) is 0 Å². The fraction of sp³-hybridized carbons (Fsp3) is 0.300. The third-order valence-electron chi connectivity index (χ3n) is 4.02. The highest BCUT2D eigenvalue weighted by molar-refractivity contribution is 7.80. The zero-order valence-electron chi connectivity index (χ0n) is 17.3. The molecular weight excluding hydrogens is 426 g/mol. The van der Waals surface area contributed by atoms with E-state index in [0.29, 0.717) is 33.3 Å². The molecule has 0 atom stereocenters. The summed E-state index contributed by atoms with van der Waals surface area (Å²) in [6, 6.07) is 6.60. The smallest absolute Gasteiger partial charge is 0.341 e. The van der Waals surface area contributed by atoms with E-state index in [1.807, 2.05) is 0 Å². The summed E-state index contributed by atoms with van der Waals surface area (Å²) in [5, 5.41) is 6.57. The van der Waals surface area contributed by atoms with Crippen molar-refractivity contribution in [3.63, 3.8) is 0 Å². The number of thiocarbonyl (C=S) groups is 1. The van der Waals surface area contributed by atoms with Gasteiger partial charge in [0.05, 0.1) is 29.7 Å². The van der Waals surface area contributed by atoms with E-state index in [4.69, 9.17) is 21.7 Å². The van der Waals surface area contributed by atoms with Gasteiger partial charge in [0, 0.05) is 19.8 Å². The van der Waals surface area contributed by atoms with E-state index < -0.39 is 11.9 Å². The van der Waals surface area contributed by atoms with E-state index >= 15 is 0 Å². The fourth-order valence-corrected chi connectivity index (χ4v) is 4.03. The number of amides is 1. The number of carbonyl (C=O) groups is 3. The molecule has 2 rings (SSSR count). The van der Waals surface area contributed by atoms with Gasteiger partial charge in [0.15, 0.2) is 5.11 Å². The maximum atomic E-state index is 12.4. The van der Waals surface area contributed by atoms with Gasteiger partial charge in [-0.3, -0.25) is 4.79 Å². The predicted molar refractivity (Wildman–Crippen MR) is 121 cm³/mol. The molecule has 0 aliphatic rings. The van der Waals surface area contributed by atoms with Gasteiger partial charge in [-0.2, -0.15) is 0 Å². The number of esters is 2. The van der Waals surface area contributed by atoms with Crippen LogP contribution in [0, 0.1) is 6.92 Å². The van der Waals surface area contributed by atoms with Crippen LogP contribution >= 0.6 is 23.6 Å². The highest BCUT2D eigenvalue weighted by atomic mass is 32.1. The number of hydrogen-bond acceptors (Lipinski definition) is 7. The second kappa shape index (κ2) is 10.2. The van der Waals surface area contributed by atoms with Crippen molar-refractivity contribution in [2.45, 2.75) is 13.8 Å². The number of hydrogen-bond donors (Lipinski definition) is 2. The molecule has 1 heterocycles. The van der Waals surface area contributed by atoms with Crippen molar-refractivity contribution in [1.29, 1.82) is 0 Å². The van der Waals surface area contributed by atoms with Gasteiger partial charge >= 0.3 is 11.9 Å². The summed E-state index contributed by atoms with van der Waals surface area (Å²) in [5.74, 6) is -1.19. The Balaban J connectivity index is 2.21. The fourth-order valence-electron chi connectivity index (χ4n) is 2.53. The van der Waals surface area contributed by atoms with Crippen molar-refractivity contribution >= 4 is 57.2 Å². The Morgan fingerprint density at radius 3 is 2.27 bits per heavy atom. The summed E-state index contributed by atoms with van der Waals surface area (Å²) in [7, 11) is 4.55. The Bertz CT molecular complexity index is 968. The van der Waals surface area contributed by atoms with Crippen molar-refractivity contribution in [2.75, 3.05) is 38.4 Å². The van der Waals surface area contributed by atoms with E-state index in [2.05, 4.69) is 10.6 Å². The largest absolute Gasteiger partial charge is 0.465 e. The van der Waals surface area contributed by atoms with Crippen LogP contribution in [0.5, 0.6) is 0 Å². The van der Waals surface area contributed by atoms with Gasteiger partial charge in [0.25, 0.3) is 5.91 Å². The van der Waals surface area contributed by atoms with Crippen LogP contribution < -0.4 is 10.6 Å². The number of rotatable bonds is 6. The minimum atomic E-state index is -0.564. The number of nitrogens with zero attached hydrogens (tertiary/aromatic N) is 1. The van der Waals surface area contributed by atoms with Crippen molar-refractivity contribution in [2.24, 2.45) is 0 Å². The first-order valence-electron chi connectivity index (χ1n) is 8.98. The third kappa shape index (κ3) is 5.33. The molecule has 0 saturated heterocycles. The Labute approximate surface area is 184 Å². The highest BCUT2D eigenvalue weighted by Gasteiger charge is 2.26. The molecule has 0 radical (unpaired) electrons. The van der Waals surface area contributed by atoms with E-state index in [9.17, 15) is 14.4 Å². The molecule has 10 heteroatoms. The number of anilines is 2. The summed E-state index contributed by atoms with van der Waals surface area (Å²) < 4.78 is 9.81. The number of thiophene rings is 1. The number of benzene rings is 1. The molecular formula is C20H23N3O5S2. The minimum Gasteiger partial charge on any atom is -0.465 e. The van der Waals surface area contributed by atoms with Crippen molar-refractivity contribution in [3.05, 3.63) is 45.8 Å². The van der Waals surface area contributed by atoms with Gasteiger partial charge in [-0.25, -0.2) is 9.59 Å². The summed E-state index contributed by atoms with van der Waals surface area (Å²) in [4.78, 5) is 38.3. The molecule has 0 saturated carbocycles. The number of nitrogens with one attached hydrogen (secondary N) is 2. The van der Waals surface area contributed by atoms with E-state index in [1.165, 1.54) is 12.0 Å². The van der Waals surface area contributed by atoms with E-state index in [0.717, 1.165) is 11.3 Å². The number of methoxy groups -OCH3 is 1. The molecule has 2 aromatic rings. The number of carbonyl (C=O) groups excluding carboxylic acids is 3. The van der Waals surface area contributed by atoms with Crippen LogP contribution in [0.1, 0.15) is 42.9 Å². The molecule has 8 nitrogen and oxygen atoms in total. The van der Waals surface area contributed by atoms with Gasteiger partial charge in [-0.15, -0.1) is 11.3 Å². The van der Waals surface area contributed by atoms with Gasteiger partial charge in [-0.1, -0.05) is 0 Å². The molecule has 0 aliphatic heterocycles. The molecule has 1 aromatic carbocycles. The van der Waals surface area contributed by atoms with Crippen LogP contribution in [-0.2, 0) is 9.47 Å².